The molecule has 0 saturated heterocycles. The Bertz CT molecular complexity index is 1000. The smallest absolute Gasteiger partial charge is 0.335 e. The summed E-state index contributed by atoms with van der Waals surface area (Å²) in [5.41, 5.74) is 4.64. The highest BCUT2D eigenvalue weighted by Gasteiger charge is 2.15. The van der Waals surface area contributed by atoms with Crippen molar-refractivity contribution in [3.63, 3.8) is 0 Å². The molecule has 0 saturated carbocycles. The van der Waals surface area contributed by atoms with E-state index in [2.05, 4.69) is 0 Å². The van der Waals surface area contributed by atoms with E-state index in [0.29, 0.717) is 11.4 Å². The Balaban J connectivity index is 1.78. The molecule has 144 valence electrons. The largest absolute Gasteiger partial charge is 0.478 e. The lowest BCUT2D eigenvalue weighted by atomic mass is 10.0. The molecule has 28 heavy (non-hydrogen) atoms. The van der Waals surface area contributed by atoms with E-state index >= 15 is 0 Å². The number of nitrogens with zero attached hydrogens (tertiary/aromatic N) is 1. The summed E-state index contributed by atoms with van der Waals surface area (Å²) in [6, 6.07) is 21.8. The van der Waals surface area contributed by atoms with Crippen LogP contribution in [0.1, 0.15) is 27.0 Å². The summed E-state index contributed by atoms with van der Waals surface area (Å²) in [6.45, 7) is 1.94. The second kappa shape index (κ2) is 8.82. The average Bonchev–Trinajstić information content (AvgIpc) is 2.67. The van der Waals surface area contributed by atoms with Crippen LogP contribution in [0.4, 0.5) is 11.4 Å². The number of benzene rings is 3. The number of anilines is 2. The van der Waals surface area contributed by atoms with Crippen molar-refractivity contribution in [3.8, 4) is 0 Å². The second-order valence-electron chi connectivity index (χ2n) is 6.54. The molecule has 0 heterocycles. The molecule has 2 N–H and O–H groups in total. The van der Waals surface area contributed by atoms with E-state index in [1.807, 2.05) is 61.5 Å². The predicted octanol–water partition coefficient (Wildman–Crippen LogP) is 4.75. The van der Waals surface area contributed by atoms with Crippen LogP contribution in [-0.4, -0.2) is 19.8 Å². The van der Waals surface area contributed by atoms with Gasteiger partial charge < -0.3 is 5.11 Å². The third kappa shape index (κ3) is 4.85. The van der Waals surface area contributed by atoms with Crippen molar-refractivity contribution >= 4 is 28.6 Å². The van der Waals surface area contributed by atoms with Crippen LogP contribution in [0.3, 0.4) is 0 Å². The van der Waals surface area contributed by atoms with Gasteiger partial charge in [0, 0.05) is 0 Å². The zero-order valence-electron chi connectivity index (χ0n) is 15.4. The fourth-order valence-corrected chi connectivity index (χ4v) is 3.61. The van der Waals surface area contributed by atoms with E-state index in [-0.39, 0.29) is 5.56 Å². The van der Waals surface area contributed by atoms with Crippen LogP contribution in [0.2, 0.25) is 0 Å². The summed E-state index contributed by atoms with van der Waals surface area (Å²) in [5.74, 6) is -0.938. The first-order chi connectivity index (χ1) is 13.4. The lowest BCUT2D eigenvalue weighted by Crippen LogP contribution is -2.19. The predicted molar refractivity (Wildman–Crippen MR) is 111 cm³/mol. The maximum Gasteiger partial charge on any atom is 0.335 e. The number of aryl methyl sites for hydroxylation is 3. The van der Waals surface area contributed by atoms with E-state index < -0.39 is 17.2 Å². The molecule has 0 fully saturated rings. The first kappa shape index (κ1) is 19.8. The van der Waals surface area contributed by atoms with Crippen LogP contribution in [0.5, 0.6) is 0 Å². The highest BCUT2D eigenvalue weighted by molar-refractivity contribution is 7.81. The molecule has 3 aromatic rings. The van der Waals surface area contributed by atoms with E-state index in [4.69, 9.17) is 5.11 Å². The molecule has 0 aliphatic heterocycles. The van der Waals surface area contributed by atoms with E-state index in [1.54, 1.807) is 18.2 Å². The highest BCUT2D eigenvalue weighted by Crippen LogP contribution is 2.28. The molecule has 0 radical (unpaired) electrons. The van der Waals surface area contributed by atoms with Crippen LogP contribution in [-0.2, 0) is 24.1 Å². The Hall–Kier alpha value is -2.96. The molecule has 0 aliphatic rings. The summed E-state index contributed by atoms with van der Waals surface area (Å²) in [4.78, 5) is 10.9. The summed E-state index contributed by atoms with van der Waals surface area (Å²) < 4.78 is 23.2. The summed E-state index contributed by atoms with van der Waals surface area (Å²) >= 11 is -2.19. The molecule has 0 spiro atoms. The third-order valence-electron chi connectivity index (χ3n) is 4.44. The van der Waals surface area contributed by atoms with E-state index in [1.165, 1.54) is 4.31 Å². The molecule has 1 atom stereocenters. The standard InChI is InChI=1S/C22H21NO4S/c1-16-4-2-6-20(14-16)23(28(26)27)21-7-3-5-18(15-21)9-8-17-10-12-19(13-11-17)22(24)25/h2-7,10-15H,8-9H2,1H3,(H,24,25)(H,26,27). The van der Waals surface area contributed by atoms with E-state index in [9.17, 15) is 13.6 Å². The minimum Gasteiger partial charge on any atom is -0.478 e. The normalized spacial score (nSPS) is 11.8. The number of rotatable bonds is 7. The number of hydrogen-bond acceptors (Lipinski definition) is 2. The molecule has 0 aromatic heterocycles. The number of carbonyl (C=O) groups is 1. The molecule has 0 bridgehead atoms. The molecule has 1 unspecified atom stereocenters. The molecule has 3 rings (SSSR count). The van der Waals surface area contributed by atoms with Gasteiger partial charge in [-0.2, -0.15) is 0 Å². The topological polar surface area (TPSA) is 77.8 Å². The Labute approximate surface area is 166 Å². The third-order valence-corrected chi connectivity index (χ3v) is 5.17. The minimum absolute atomic E-state index is 0.268. The average molecular weight is 395 g/mol. The van der Waals surface area contributed by atoms with Gasteiger partial charge in [0.15, 0.2) is 0 Å². The van der Waals surface area contributed by atoms with Crippen LogP contribution in [0.15, 0.2) is 72.8 Å². The highest BCUT2D eigenvalue weighted by atomic mass is 32.2. The first-order valence-electron chi connectivity index (χ1n) is 8.83. The van der Waals surface area contributed by atoms with Crippen molar-refractivity contribution < 1.29 is 18.7 Å². The zero-order chi connectivity index (χ0) is 20.1. The molecule has 6 heteroatoms. The van der Waals surface area contributed by atoms with Crippen LogP contribution >= 0.6 is 0 Å². The zero-order valence-corrected chi connectivity index (χ0v) is 16.2. The van der Waals surface area contributed by atoms with Crippen LogP contribution < -0.4 is 4.31 Å². The van der Waals surface area contributed by atoms with Crippen molar-refractivity contribution in [1.82, 2.24) is 0 Å². The van der Waals surface area contributed by atoms with Gasteiger partial charge in [0.1, 0.15) is 0 Å². The SMILES string of the molecule is Cc1cccc(N(c2cccc(CCc3ccc(C(=O)O)cc3)c2)S(=O)O)c1. The van der Waals surface area contributed by atoms with Gasteiger partial charge in [-0.1, -0.05) is 36.4 Å². The molecule has 0 amide bonds. The number of aromatic carboxylic acids is 1. The van der Waals surface area contributed by atoms with Crippen LogP contribution in [0.25, 0.3) is 0 Å². The van der Waals surface area contributed by atoms with Crippen molar-refractivity contribution in [2.75, 3.05) is 4.31 Å². The van der Waals surface area contributed by atoms with Gasteiger partial charge in [-0.3, -0.25) is 4.55 Å². The van der Waals surface area contributed by atoms with Crippen LogP contribution in [0, 0.1) is 6.92 Å². The first-order valence-corrected chi connectivity index (χ1v) is 9.89. The maximum atomic E-state index is 12.0. The lowest BCUT2D eigenvalue weighted by molar-refractivity contribution is 0.0697. The Morgan fingerprint density at radius 1 is 0.893 bits per heavy atom. The number of carboxylic acids is 1. The van der Waals surface area contributed by atoms with Crippen molar-refractivity contribution in [2.45, 2.75) is 19.8 Å². The fraction of sp³-hybridized carbons (Fsp3) is 0.136. The summed E-state index contributed by atoms with van der Waals surface area (Å²) in [6.07, 6.45) is 1.48. The molecule has 5 nitrogen and oxygen atoms in total. The molecular weight excluding hydrogens is 374 g/mol. The van der Waals surface area contributed by atoms with Gasteiger partial charge in [0.25, 0.3) is 11.3 Å². The van der Waals surface area contributed by atoms with Gasteiger partial charge in [-0.05, 0) is 72.9 Å². The number of hydrogen-bond donors (Lipinski definition) is 2. The van der Waals surface area contributed by atoms with Crippen molar-refractivity contribution in [1.29, 1.82) is 0 Å². The van der Waals surface area contributed by atoms with Gasteiger partial charge in [0.05, 0.1) is 16.9 Å². The Kier molecular flexibility index (Phi) is 6.23. The Morgan fingerprint density at radius 2 is 1.50 bits per heavy atom. The quantitative estimate of drug-likeness (QED) is 0.566. The Morgan fingerprint density at radius 3 is 2.11 bits per heavy atom. The van der Waals surface area contributed by atoms with E-state index in [0.717, 1.165) is 29.5 Å². The van der Waals surface area contributed by atoms with Gasteiger partial charge in [0.2, 0.25) is 0 Å². The lowest BCUT2D eigenvalue weighted by Gasteiger charge is -2.21. The van der Waals surface area contributed by atoms with Gasteiger partial charge >= 0.3 is 5.97 Å². The van der Waals surface area contributed by atoms with Crippen molar-refractivity contribution in [2.24, 2.45) is 0 Å². The second-order valence-corrected chi connectivity index (χ2v) is 7.36. The molecule has 0 aliphatic carbocycles. The van der Waals surface area contributed by atoms with Crippen molar-refractivity contribution in [3.05, 3.63) is 95.1 Å². The van der Waals surface area contributed by atoms with Gasteiger partial charge in [-0.15, -0.1) is 0 Å². The monoisotopic (exact) mass is 395 g/mol. The molecular formula is C22H21NO4S. The minimum atomic E-state index is -2.19. The maximum absolute atomic E-state index is 12.0. The van der Waals surface area contributed by atoms with Gasteiger partial charge in [-0.25, -0.2) is 13.3 Å². The summed E-state index contributed by atoms with van der Waals surface area (Å²) in [7, 11) is 0. The molecule has 3 aromatic carbocycles. The number of carboxylic acid groups (broad SMARTS) is 1. The fourth-order valence-electron chi connectivity index (χ4n) is 3.02. The summed E-state index contributed by atoms with van der Waals surface area (Å²) in [5, 5.41) is 8.97.